The summed E-state index contributed by atoms with van der Waals surface area (Å²) >= 11 is 7.60. The lowest BCUT2D eigenvalue weighted by Crippen LogP contribution is -2.27. The Labute approximate surface area is 181 Å². The molecule has 0 unspecified atom stereocenters. The summed E-state index contributed by atoms with van der Waals surface area (Å²) in [6, 6.07) is 14.2. The second-order valence-corrected chi connectivity index (χ2v) is 8.70. The van der Waals surface area contributed by atoms with E-state index in [4.69, 9.17) is 11.6 Å². The van der Waals surface area contributed by atoms with Crippen molar-refractivity contribution in [2.24, 2.45) is 0 Å². The molecule has 5 nitrogen and oxygen atoms in total. The molecular weight excluding hydrogens is 404 g/mol. The topological polar surface area (TPSA) is 51.0 Å². The van der Waals surface area contributed by atoms with Gasteiger partial charge in [0.25, 0.3) is 0 Å². The Morgan fingerprint density at radius 3 is 2.59 bits per heavy atom. The third kappa shape index (κ3) is 5.40. The molecule has 2 aromatic carbocycles. The summed E-state index contributed by atoms with van der Waals surface area (Å²) in [5, 5.41) is 9.48. The standard InChI is InChI=1S/C22H25ClN4OS/c1-15(2)18-8-6-17(7-9-18)12-26(4)21(28)13-29-22-25-24-14-27(22)19-10-5-16(3)20(23)11-19/h5-11,14-15H,12-13H2,1-4H3. The predicted octanol–water partition coefficient (Wildman–Crippen LogP) is 5.10. The number of aryl methyl sites for hydroxylation is 1. The molecule has 7 heteroatoms. The first kappa shape index (κ1) is 21.4. The number of nitrogens with zero attached hydrogens (tertiary/aromatic N) is 4. The largest absolute Gasteiger partial charge is 0.341 e. The molecule has 0 saturated heterocycles. The lowest BCUT2D eigenvalue weighted by Gasteiger charge is -2.17. The number of benzene rings is 2. The molecule has 0 N–H and O–H groups in total. The van der Waals surface area contributed by atoms with Crippen molar-refractivity contribution in [2.45, 2.75) is 38.4 Å². The number of halogens is 1. The van der Waals surface area contributed by atoms with E-state index >= 15 is 0 Å². The highest BCUT2D eigenvalue weighted by atomic mass is 35.5. The average Bonchev–Trinajstić information content (AvgIpc) is 3.17. The molecule has 29 heavy (non-hydrogen) atoms. The zero-order valence-corrected chi connectivity index (χ0v) is 18.7. The molecule has 0 aliphatic carbocycles. The van der Waals surface area contributed by atoms with Crippen molar-refractivity contribution in [3.8, 4) is 5.69 Å². The van der Waals surface area contributed by atoms with Crippen LogP contribution in [-0.4, -0.2) is 38.4 Å². The van der Waals surface area contributed by atoms with E-state index in [0.29, 0.717) is 28.4 Å². The number of carbonyl (C=O) groups excluding carboxylic acids is 1. The van der Waals surface area contributed by atoms with Crippen LogP contribution in [0.2, 0.25) is 5.02 Å². The number of thioether (sulfide) groups is 1. The molecule has 0 spiro atoms. The minimum Gasteiger partial charge on any atom is -0.341 e. The van der Waals surface area contributed by atoms with Crippen molar-refractivity contribution in [1.29, 1.82) is 0 Å². The van der Waals surface area contributed by atoms with Gasteiger partial charge in [-0.15, -0.1) is 10.2 Å². The smallest absolute Gasteiger partial charge is 0.233 e. The van der Waals surface area contributed by atoms with E-state index in [2.05, 4.69) is 48.3 Å². The van der Waals surface area contributed by atoms with E-state index in [1.807, 2.05) is 36.7 Å². The Morgan fingerprint density at radius 1 is 1.21 bits per heavy atom. The molecule has 1 heterocycles. The van der Waals surface area contributed by atoms with Crippen molar-refractivity contribution < 1.29 is 4.79 Å². The maximum Gasteiger partial charge on any atom is 0.233 e. The minimum absolute atomic E-state index is 0.0411. The molecule has 152 valence electrons. The number of hydrogen-bond donors (Lipinski definition) is 0. The Kier molecular flexibility index (Phi) is 6.98. The van der Waals surface area contributed by atoms with E-state index in [0.717, 1.165) is 16.8 Å². The summed E-state index contributed by atoms with van der Waals surface area (Å²) in [5.74, 6) is 0.832. The minimum atomic E-state index is 0.0411. The van der Waals surface area contributed by atoms with Gasteiger partial charge in [-0.25, -0.2) is 0 Å². The average molecular weight is 429 g/mol. The van der Waals surface area contributed by atoms with Gasteiger partial charge in [0.1, 0.15) is 6.33 Å². The van der Waals surface area contributed by atoms with E-state index < -0.39 is 0 Å². The normalized spacial score (nSPS) is 11.1. The number of hydrogen-bond acceptors (Lipinski definition) is 4. The molecule has 3 rings (SSSR count). The summed E-state index contributed by atoms with van der Waals surface area (Å²) in [6.07, 6.45) is 1.63. The van der Waals surface area contributed by atoms with Crippen LogP contribution in [0.4, 0.5) is 0 Å². The molecule has 0 aliphatic rings. The van der Waals surface area contributed by atoms with Crippen molar-refractivity contribution in [3.05, 3.63) is 70.5 Å². The summed E-state index contributed by atoms with van der Waals surface area (Å²) < 4.78 is 1.84. The van der Waals surface area contributed by atoms with Crippen molar-refractivity contribution in [2.75, 3.05) is 12.8 Å². The molecule has 0 aliphatic heterocycles. The van der Waals surface area contributed by atoms with Crippen LogP contribution in [0.3, 0.4) is 0 Å². The lowest BCUT2D eigenvalue weighted by atomic mass is 10.0. The third-order valence-electron chi connectivity index (χ3n) is 4.77. The molecule has 3 aromatic rings. The fourth-order valence-electron chi connectivity index (χ4n) is 2.84. The van der Waals surface area contributed by atoms with Gasteiger partial charge >= 0.3 is 0 Å². The van der Waals surface area contributed by atoms with Gasteiger partial charge in [0, 0.05) is 18.6 Å². The molecule has 0 atom stereocenters. The summed E-state index contributed by atoms with van der Waals surface area (Å²) in [6.45, 7) is 6.88. The zero-order valence-electron chi connectivity index (χ0n) is 17.1. The fraction of sp³-hybridized carbons (Fsp3) is 0.318. The molecule has 0 radical (unpaired) electrons. The van der Waals surface area contributed by atoms with Crippen LogP contribution in [0.1, 0.15) is 36.5 Å². The predicted molar refractivity (Wildman–Crippen MR) is 119 cm³/mol. The number of aromatic nitrogens is 3. The Hall–Kier alpha value is -2.31. The third-order valence-corrected chi connectivity index (χ3v) is 6.10. The maximum atomic E-state index is 12.6. The number of carbonyl (C=O) groups is 1. The van der Waals surface area contributed by atoms with Crippen LogP contribution in [0.25, 0.3) is 5.69 Å². The molecular formula is C22H25ClN4OS. The van der Waals surface area contributed by atoms with Gasteiger partial charge in [0.05, 0.1) is 11.4 Å². The summed E-state index contributed by atoms with van der Waals surface area (Å²) in [4.78, 5) is 14.3. The number of amides is 1. The Morgan fingerprint density at radius 2 is 1.93 bits per heavy atom. The van der Waals surface area contributed by atoms with E-state index in [-0.39, 0.29) is 5.91 Å². The fourth-order valence-corrected chi connectivity index (χ4v) is 3.88. The molecule has 0 saturated carbocycles. The number of rotatable bonds is 7. The zero-order chi connectivity index (χ0) is 21.0. The van der Waals surface area contributed by atoms with Gasteiger partial charge in [0.15, 0.2) is 5.16 Å². The lowest BCUT2D eigenvalue weighted by molar-refractivity contribution is -0.127. The van der Waals surface area contributed by atoms with E-state index in [1.54, 1.807) is 11.2 Å². The molecule has 0 fully saturated rings. The highest BCUT2D eigenvalue weighted by molar-refractivity contribution is 7.99. The summed E-state index contributed by atoms with van der Waals surface area (Å²) in [7, 11) is 1.82. The maximum absolute atomic E-state index is 12.6. The van der Waals surface area contributed by atoms with Crippen LogP contribution in [0.5, 0.6) is 0 Å². The molecule has 1 aromatic heterocycles. The molecule has 1 amide bonds. The van der Waals surface area contributed by atoms with Crippen molar-refractivity contribution >= 4 is 29.3 Å². The highest BCUT2D eigenvalue weighted by Gasteiger charge is 2.14. The quantitative estimate of drug-likeness (QED) is 0.491. The van der Waals surface area contributed by atoms with Crippen LogP contribution >= 0.6 is 23.4 Å². The monoisotopic (exact) mass is 428 g/mol. The first-order valence-electron chi connectivity index (χ1n) is 9.47. The first-order chi connectivity index (χ1) is 13.8. The van der Waals surface area contributed by atoms with E-state index in [9.17, 15) is 4.79 Å². The Bertz CT molecular complexity index is 985. The van der Waals surface area contributed by atoms with Gasteiger partial charge in [-0.3, -0.25) is 9.36 Å². The Balaban J connectivity index is 1.60. The second-order valence-electron chi connectivity index (χ2n) is 7.35. The van der Waals surface area contributed by atoms with Crippen LogP contribution in [0.15, 0.2) is 53.9 Å². The molecule has 0 bridgehead atoms. The van der Waals surface area contributed by atoms with Gasteiger partial charge < -0.3 is 4.90 Å². The van der Waals surface area contributed by atoms with Crippen LogP contribution in [-0.2, 0) is 11.3 Å². The van der Waals surface area contributed by atoms with Gasteiger partial charge in [0.2, 0.25) is 5.91 Å². The van der Waals surface area contributed by atoms with Gasteiger partial charge in [-0.05, 0) is 41.7 Å². The highest BCUT2D eigenvalue weighted by Crippen LogP contribution is 2.24. The SMILES string of the molecule is Cc1ccc(-n2cnnc2SCC(=O)N(C)Cc2ccc(C(C)C)cc2)cc1Cl. The van der Waals surface area contributed by atoms with Crippen molar-refractivity contribution in [3.63, 3.8) is 0 Å². The van der Waals surface area contributed by atoms with Gasteiger partial charge in [-0.1, -0.05) is 67.5 Å². The first-order valence-corrected chi connectivity index (χ1v) is 10.8. The van der Waals surface area contributed by atoms with Crippen LogP contribution < -0.4 is 0 Å². The van der Waals surface area contributed by atoms with E-state index in [1.165, 1.54) is 17.3 Å². The second kappa shape index (κ2) is 9.46. The van der Waals surface area contributed by atoms with Crippen LogP contribution in [0, 0.1) is 6.92 Å². The summed E-state index contributed by atoms with van der Waals surface area (Å²) in [5.41, 5.74) is 4.30. The van der Waals surface area contributed by atoms with Gasteiger partial charge in [-0.2, -0.15) is 0 Å². The van der Waals surface area contributed by atoms with Crippen molar-refractivity contribution in [1.82, 2.24) is 19.7 Å².